The fraction of sp³-hybridized carbons (Fsp3) is 0.600. The lowest BCUT2D eigenvalue weighted by molar-refractivity contribution is 0.411. The minimum atomic E-state index is 0.271. The van der Waals surface area contributed by atoms with Gasteiger partial charge in [-0.05, 0) is 47.8 Å². The lowest BCUT2D eigenvalue weighted by Gasteiger charge is -2.24. The van der Waals surface area contributed by atoms with E-state index < -0.39 is 0 Å². The third-order valence-electron chi connectivity index (χ3n) is 3.30. The molecule has 0 saturated heterocycles. The first kappa shape index (κ1) is 11.7. The van der Waals surface area contributed by atoms with Crippen molar-refractivity contribution in [3.63, 3.8) is 0 Å². The first-order valence-electron chi connectivity index (χ1n) is 6.33. The van der Waals surface area contributed by atoms with Gasteiger partial charge in [0.25, 0.3) is 0 Å². The van der Waals surface area contributed by atoms with Crippen molar-refractivity contribution in [3.05, 3.63) is 34.9 Å². The third kappa shape index (κ3) is 2.65. The minimum absolute atomic E-state index is 0.271. The molecule has 1 aromatic carbocycles. The molecule has 0 heterocycles. The maximum Gasteiger partial charge on any atom is 0.0297 e. The van der Waals surface area contributed by atoms with E-state index in [2.05, 4.69) is 39.0 Å². The predicted molar refractivity (Wildman–Crippen MR) is 69.5 cm³/mol. The summed E-state index contributed by atoms with van der Waals surface area (Å²) < 4.78 is 0. The van der Waals surface area contributed by atoms with Crippen LogP contribution in [0, 0.1) is 5.41 Å². The number of rotatable bonds is 1. The molecule has 1 aliphatic carbocycles. The number of hydrogen-bond donors (Lipinski definition) is 1. The zero-order valence-corrected chi connectivity index (χ0v) is 10.7. The van der Waals surface area contributed by atoms with Crippen LogP contribution in [-0.4, -0.2) is 0 Å². The van der Waals surface area contributed by atoms with E-state index in [0.717, 1.165) is 12.8 Å². The highest BCUT2D eigenvalue weighted by Gasteiger charge is 2.18. The summed E-state index contributed by atoms with van der Waals surface area (Å²) in [7, 11) is 0. The maximum atomic E-state index is 6.12. The number of fused-ring (bicyclic) bond motifs is 1. The van der Waals surface area contributed by atoms with Crippen molar-refractivity contribution < 1.29 is 0 Å². The molecule has 0 radical (unpaired) electrons. The van der Waals surface area contributed by atoms with Gasteiger partial charge in [-0.15, -0.1) is 0 Å². The first-order chi connectivity index (χ1) is 7.46. The third-order valence-corrected chi connectivity index (χ3v) is 3.30. The monoisotopic (exact) mass is 217 g/mol. The van der Waals surface area contributed by atoms with Crippen molar-refractivity contribution in [2.75, 3.05) is 0 Å². The summed E-state index contributed by atoms with van der Waals surface area (Å²) in [6.45, 7) is 6.87. The van der Waals surface area contributed by atoms with Crippen LogP contribution >= 0.6 is 0 Å². The van der Waals surface area contributed by atoms with Crippen LogP contribution < -0.4 is 5.73 Å². The highest BCUT2D eigenvalue weighted by atomic mass is 14.6. The minimum Gasteiger partial charge on any atom is -0.324 e. The van der Waals surface area contributed by atoms with Crippen molar-refractivity contribution in [1.29, 1.82) is 0 Å². The van der Waals surface area contributed by atoms with Gasteiger partial charge in [-0.3, -0.25) is 0 Å². The van der Waals surface area contributed by atoms with E-state index >= 15 is 0 Å². The summed E-state index contributed by atoms with van der Waals surface area (Å²) >= 11 is 0. The molecule has 1 unspecified atom stereocenters. The van der Waals surface area contributed by atoms with Crippen LogP contribution in [0.3, 0.4) is 0 Å². The SMILES string of the molecule is CC(C)(C)Cc1ccc2c(c1)CCCC2N. The highest BCUT2D eigenvalue weighted by Crippen LogP contribution is 2.30. The van der Waals surface area contributed by atoms with E-state index in [4.69, 9.17) is 5.73 Å². The van der Waals surface area contributed by atoms with Crippen LogP contribution in [0.15, 0.2) is 18.2 Å². The van der Waals surface area contributed by atoms with Crippen molar-refractivity contribution in [1.82, 2.24) is 0 Å². The highest BCUT2D eigenvalue weighted by molar-refractivity contribution is 5.36. The van der Waals surface area contributed by atoms with E-state index in [-0.39, 0.29) is 6.04 Å². The number of nitrogens with two attached hydrogens (primary N) is 1. The zero-order chi connectivity index (χ0) is 11.8. The zero-order valence-electron chi connectivity index (χ0n) is 10.7. The van der Waals surface area contributed by atoms with Gasteiger partial charge in [-0.2, -0.15) is 0 Å². The van der Waals surface area contributed by atoms with Crippen LogP contribution in [0.5, 0.6) is 0 Å². The summed E-state index contributed by atoms with van der Waals surface area (Å²) in [5, 5.41) is 0. The molecule has 2 rings (SSSR count). The fourth-order valence-electron chi connectivity index (χ4n) is 2.63. The fourth-order valence-corrected chi connectivity index (χ4v) is 2.63. The molecule has 2 N–H and O–H groups in total. The van der Waals surface area contributed by atoms with Gasteiger partial charge in [-0.1, -0.05) is 39.0 Å². The van der Waals surface area contributed by atoms with Crippen LogP contribution in [0.25, 0.3) is 0 Å². The smallest absolute Gasteiger partial charge is 0.0297 e. The summed E-state index contributed by atoms with van der Waals surface area (Å²) in [5.74, 6) is 0. The molecular weight excluding hydrogens is 194 g/mol. The van der Waals surface area contributed by atoms with E-state index in [1.807, 2.05) is 0 Å². The number of benzene rings is 1. The Morgan fingerprint density at radius 3 is 2.75 bits per heavy atom. The standard InChI is InChI=1S/C15H23N/c1-15(2,3)10-11-7-8-13-12(9-11)5-4-6-14(13)16/h7-9,14H,4-6,10,16H2,1-3H3. The molecular formula is C15H23N. The second-order valence-electron chi connectivity index (χ2n) is 6.27. The second-order valence-corrected chi connectivity index (χ2v) is 6.27. The lowest BCUT2D eigenvalue weighted by Crippen LogP contribution is -2.18. The van der Waals surface area contributed by atoms with Crippen LogP contribution in [0.1, 0.15) is 56.3 Å². The van der Waals surface area contributed by atoms with Crippen molar-refractivity contribution in [3.8, 4) is 0 Å². The van der Waals surface area contributed by atoms with E-state index in [0.29, 0.717) is 5.41 Å². The molecule has 0 spiro atoms. The molecule has 0 saturated carbocycles. The Hall–Kier alpha value is -0.820. The Balaban J connectivity index is 2.25. The van der Waals surface area contributed by atoms with Gasteiger partial charge in [-0.25, -0.2) is 0 Å². The molecule has 1 aliphatic rings. The van der Waals surface area contributed by atoms with Crippen molar-refractivity contribution >= 4 is 0 Å². The lowest BCUT2D eigenvalue weighted by atomic mass is 9.83. The Morgan fingerprint density at radius 1 is 1.31 bits per heavy atom. The quantitative estimate of drug-likeness (QED) is 0.764. The van der Waals surface area contributed by atoms with Gasteiger partial charge < -0.3 is 5.73 Å². The van der Waals surface area contributed by atoms with Gasteiger partial charge in [0.15, 0.2) is 0 Å². The molecule has 1 nitrogen and oxygen atoms in total. The van der Waals surface area contributed by atoms with Crippen LogP contribution in [0.4, 0.5) is 0 Å². The van der Waals surface area contributed by atoms with Gasteiger partial charge in [0.05, 0.1) is 0 Å². The topological polar surface area (TPSA) is 26.0 Å². The normalized spacial score (nSPS) is 20.6. The average Bonchev–Trinajstić information content (AvgIpc) is 2.15. The van der Waals surface area contributed by atoms with Gasteiger partial charge >= 0.3 is 0 Å². The Kier molecular flexibility index (Phi) is 3.07. The number of hydrogen-bond acceptors (Lipinski definition) is 1. The molecule has 0 amide bonds. The van der Waals surface area contributed by atoms with E-state index in [9.17, 15) is 0 Å². The molecule has 0 bridgehead atoms. The molecule has 1 aromatic rings. The maximum absolute atomic E-state index is 6.12. The van der Waals surface area contributed by atoms with Crippen molar-refractivity contribution in [2.24, 2.45) is 11.1 Å². The van der Waals surface area contributed by atoms with Gasteiger partial charge in [0.1, 0.15) is 0 Å². The molecule has 1 atom stereocenters. The summed E-state index contributed by atoms with van der Waals surface area (Å²) in [6, 6.07) is 7.15. The van der Waals surface area contributed by atoms with E-state index in [1.54, 1.807) is 0 Å². The average molecular weight is 217 g/mol. The molecule has 1 heteroatoms. The molecule has 16 heavy (non-hydrogen) atoms. The summed E-state index contributed by atoms with van der Waals surface area (Å²) in [4.78, 5) is 0. The summed E-state index contributed by atoms with van der Waals surface area (Å²) in [6.07, 6.45) is 4.75. The Labute approximate surface area is 99.0 Å². The van der Waals surface area contributed by atoms with E-state index in [1.165, 1.54) is 29.5 Å². The predicted octanol–water partition coefficient (Wildman–Crippen LogP) is 3.61. The number of aryl methyl sites for hydroxylation is 1. The molecule has 0 aliphatic heterocycles. The summed E-state index contributed by atoms with van der Waals surface area (Å²) in [5.41, 5.74) is 10.8. The van der Waals surface area contributed by atoms with Crippen LogP contribution in [0.2, 0.25) is 0 Å². The van der Waals surface area contributed by atoms with Gasteiger partial charge in [0.2, 0.25) is 0 Å². The second kappa shape index (κ2) is 4.21. The first-order valence-corrected chi connectivity index (χ1v) is 6.33. The van der Waals surface area contributed by atoms with Crippen LogP contribution in [-0.2, 0) is 12.8 Å². The Morgan fingerprint density at radius 2 is 2.06 bits per heavy atom. The molecule has 0 aromatic heterocycles. The largest absolute Gasteiger partial charge is 0.324 e. The molecule has 88 valence electrons. The molecule has 0 fully saturated rings. The Bertz CT molecular complexity index is 374. The van der Waals surface area contributed by atoms with Gasteiger partial charge in [0, 0.05) is 6.04 Å². The van der Waals surface area contributed by atoms with Crippen molar-refractivity contribution in [2.45, 2.75) is 52.5 Å².